The number of ether oxygens (including phenoxy) is 1. The molecule has 1 fully saturated rings. The summed E-state index contributed by atoms with van der Waals surface area (Å²) < 4.78 is 24.3. The summed E-state index contributed by atoms with van der Waals surface area (Å²) in [5.74, 6) is 0.658. The van der Waals surface area contributed by atoms with Crippen molar-refractivity contribution in [3.63, 3.8) is 0 Å². The zero-order chi connectivity index (χ0) is 17.3. The first-order valence-corrected chi connectivity index (χ1v) is 7.96. The summed E-state index contributed by atoms with van der Waals surface area (Å²) in [5.41, 5.74) is 0.913. The first-order chi connectivity index (χ1) is 11.5. The normalized spacial score (nSPS) is 18.2. The highest BCUT2D eigenvalue weighted by atomic mass is 19.1. The molecule has 128 valence electrons. The van der Waals surface area contributed by atoms with Crippen molar-refractivity contribution in [1.29, 1.82) is 0 Å². The van der Waals surface area contributed by atoms with E-state index in [1.54, 1.807) is 17.9 Å². The Morgan fingerprint density at radius 3 is 2.88 bits per heavy atom. The maximum atomic E-state index is 13.4. The molecule has 1 aliphatic heterocycles. The zero-order valence-corrected chi connectivity index (χ0v) is 14.0. The second-order valence-corrected chi connectivity index (χ2v) is 6.22. The van der Waals surface area contributed by atoms with E-state index in [1.165, 1.54) is 12.1 Å². The molecular weight excluding hydrogens is 313 g/mol. The van der Waals surface area contributed by atoms with Gasteiger partial charge in [-0.2, -0.15) is 4.98 Å². The molecule has 2 heterocycles. The minimum Gasteiger partial charge on any atom is -0.366 e. The Morgan fingerprint density at radius 1 is 1.42 bits per heavy atom. The van der Waals surface area contributed by atoms with Crippen LogP contribution in [0.15, 0.2) is 22.7 Å². The van der Waals surface area contributed by atoms with Gasteiger partial charge in [0.25, 0.3) is 5.91 Å². The first-order valence-electron chi connectivity index (χ1n) is 7.96. The lowest BCUT2D eigenvalue weighted by molar-refractivity contribution is -0.0276. The van der Waals surface area contributed by atoms with Crippen LogP contribution in [0.3, 0.4) is 0 Å². The number of nitrogens with zero attached hydrogens (tertiary/aromatic N) is 3. The van der Waals surface area contributed by atoms with E-state index >= 15 is 0 Å². The number of halogens is 1. The molecule has 0 N–H and O–H groups in total. The van der Waals surface area contributed by atoms with Gasteiger partial charge in [-0.3, -0.25) is 4.79 Å². The van der Waals surface area contributed by atoms with E-state index in [0.717, 1.165) is 0 Å². The van der Waals surface area contributed by atoms with Crippen LogP contribution in [-0.4, -0.2) is 40.6 Å². The van der Waals surface area contributed by atoms with Gasteiger partial charge in [-0.25, -0.2) is 4.39 Å². The predicted octanol–water partition coefficient (Wildman–Crippen LogP) is 2.85. The smallest absolute Gasteiger partial charge is 0.254 e. The van der Waals surface area contributed by atoms with E-state index in [9.17, 15) is 9.18 Å². The Labute approximate surface area is 139 Å². The monoisotopic (exact) mass is 333 g/mol. The summed E-state index contributed by atoms with van der Waals surface area (Å²) >= 11 is 0. The maximum Gasteiger partial charge on any atom is 0.254 e. The number of rotatable bonds is 3. The minimum atomic E-state index is -0.416. The molecule has 0 radical (unpaired) electrons. The number of carbonyl (C=O) groups excluding carboxylic acids is 1. The third-order valence-corrected chi connectivity index (χ3v) is 4.00. The maximum absolute atomic E-state index is 13.4. The Morgan fingerprint density at radius 2 is 2.21 bits per heavy atom. The van der Waals surface area contributed by atoms with Crippen molar-refractivity contribution < 1.29 is 18.4 Å². The molecule has 0 aliphatic carbocycles. The fourth-order valence-corrected chi connectivity index (χ4v) is 2.56. The van der Waals surface area contributed by atoms with Crippen molar-refractivity contribution in [2.75, 3.05) is 19.7 Å². The average molecular weight is 333 g/mol. The topological polar surface area (TPSA) is 68.5 Å². The molecule has 1 saturated heterocycles. The molecule has 0 bridgehead atoms. The van der Waals surface area contributed by atoms with Gasteiger partial charge in [0.15, 0.2) is 0 Å². The number of carbonyl (C=O) groups is 1. The van der Waals surface area contributed by atoms with Gasteiger partial charge >= 0.3 is 0 Å². The molecule has 1 amide bonds. The molecule has 0 unspecified atom stereocenters. The van der Waals surface area contributed by atoms with E-state index in [2.05, 4.69) is 10.1 Å². The lowest BCUT2D eigenvalue weighted by Gasteiger charge is -2.31. The lowest BCUT2D eigenvalue weighted by Crippen LogP contribution is -2.42. The number of benzene rings is 1. The number of aryl methyl sites for hydroxylation is 1. The van der Waals surface area contributed by atoms with Crippen LogP contribution < -0.4 is 0 Å². The summed E-state index contributed by atoms with van der Waals surface area (Å²) in [7, 11) is 0. The molecule has 1 aromatic heterocycles. The lowest BCUT2D eigenvalue weighted by atomic mass is 10.1. The fraction of sp³-hybridized carbons (Fsp3) is 0.471. The Balaban J connectivity index is 1.74. The summed E-state index contributed by atoms with van der Waals surface area (Å²) in [6, 6.07) is 4.38. The molecule has 1 aliphatic rings. The molecular formula is C17H20FN3O3. The van der Waals surface area contributed by atoms with E-state index in [0.29, 0.717) is 42.5 Å². The van der Waals surface area contributed by atoms with E-state index in [1.807, 2.05) is 13.8 Å². The number of morpholine rings is 1. The van der Waals surface area contributed by atoms with Gasteiger partial charge in [-0.15, -0.1) is 0 Å². The molecule has 0 saturated carbocycles. The SMILES string of the molecule is Cc1cc(C(=O)N2CCO[C@H](c3noc(C(C)C)n3)C2)ccc1F. The van der Waals surface area contributed by atoms with E-state index < -0.39 is 6.10 Å². The van der Waals surface area contributed by atoms with Gasteiger partial charge in [0, 0.05) is 18.0 Å². The average Bonchev–Trinajstić information content (AvgIpc) is 3.07. The van der Waals surface area contributed by atoms with Crippen LogP contribution in [0, 0.1) is 12.7 Å². The van der Waals surface area contributed by atoms with Gasteiger partial charge < -0.3 is 14.2 Å². The van der Waals surface area contributed by atoms with Crippen LogP contribution in [-0.2, 0) is 4.74 Å². The molecule has 7 heteroatoms. The summed E-state index contributed by atoms with van der Waals surface area (Å²) in [6.45, 7) is 6.77. The van der Waals surface area contributed by atoms with Gasteiger partial charge in [-0.05, 0) is 30.7 Å². The Bertz CT molecular complexity index is 744. The molecule has 3 rings (SSSR count). The van der Waals surface area contributed by atoms with Gasteiger partial charge in [0.2, 0.25) is 11.7 Å². The first kappa shape index (κ1) is 16.6. The largest absolute Gasteiger partial charge is 0.366 e. The van der Waals surface area contributed by atoms with Crippen molar-refractivity contribution in [2.45, 2.75) is 32.8 Å². The van der Waals surface area contributed by atoms with Crippen LogP contribution in [0.5, 0.6) is 0 Å². The predicted molar refractivity (Wildman–Crippen MR) is 84.1 cm³/mol. The zero-order valence-electron chi connectivity index (χ0n) is 14.0. The molecule has 2 aromatic rings. The molecule has 24 heavy (non-hydrogen) atoms. The highest BCUT2D eigenvalue weighted by molar-refractivity contribution is 5.94. The summed E-state index contributed by atoms with van der Waals surface area (Å²) in [5, 5.41) is 3.95. The van der Waals surface area contributed by atoms with Crippen molar-refractivity contribution in [1.82, 2.24) is 15.0 Å². The van der Waals surface area contributed by atoms with Crippen molar-refractivity contribution in [3.05, 3.63) is 46.9 Å². The number of hydrogen-bond acceptors (Lipinski definition) is 5. The van der Waals surface area contributed by atoms with Gasteiger partial charge in [0.1, 0.15) is 11.9 Å². The highest BCUT2D eigenvalue weighted by Gasteiger charge is 2.29. The number of aromatic nitrogens is 2. The van der Waals surface area contributed by atoms with Crippen molar-refractivity contribution in [2.24, 2.45) is 0 Å². The highest BCUT2D eigenvalue weighted by Crippen LogP contribution is 2.23. The minimum absolute atomic E-state index is 0.134. The molecule has 1 atom stereocenters. The van der Waals surface area contributed by atoms with Crippen LogP contribution in [0.1, 0.15) is 53.5 Å². The second kappa shape index (κ2) is 6.68. The van der Waals surface area contributed by atoms with Crippen LogP contribution in [0.25, 0.3) is 0 Å². The third kappa shape index (κ3) is 3.31. The van der Waals surface area contributed by atoms with E-state index in [4.69, 9.17) is 9.26 Å². The van der Waals surface area contributed by atoms with Crippen LogP contribution >= 0.6 is 0 Å². The van der Waals surface area contributed by atoms with Crippen molar-refractivity contribution >= 4 is 5.91 Å². The molecule has 0 spiro atoms. The Kier molecular flexibility index (Phi) is 4.62. The summed E-state index contributed by atoms with van der Waals surface area (Å²) in [4.78, 5) is 18.6. The molecule has 6 nitrogen and oxygen atoms in total. The third-order valence-electron chi connectivity index (χ3n) is 4.00. The van der Waals surface area contributed by atoms with Gasteiger partial charge in [-0.1, -0.05) is 19.0 Å². The standard InChI is InChI=1S/C17H20FN3O3/c1-10(2)16-19-15(20-24-16)14-9-21(6-7-23-14)17(22)12-4-5-13(18)11(3)8-12/h4-5,8,10,14H,6-7,9H2,1-3H3/t14-/m0/s1. The van der Waals surface area contributed by atoms with Crippen LogP contribution in [0.4, 0.5) is 4.39 Å². The van der Waals surface area contributed by atoms with Crippen molar-refractivity contribution in [3.8, 4) is 0 Å². The van der Waals surface area contributed by atoms with E-state index in [-0.39, 0.29) is 17.6 Å². The Hall–Kier alpha value is -2.28. The number of hydrogen-bond donors (Lipinski definition) is 0. The van der Waals surface area contributed by atoms with Crippen LogP contribution in [0.2, 0.25) is 0 Å². The fourth-order valence-electron chi connectivity index (χ4n) is 2.56. The molecule has 1 aromatic carbocycles. The quantitative estimate of drug-likeness (QED) is 0.864. The van der Waals surface area contributed by atoms with Gasteiger partial charge in [0.05, 0.1) is 13.2 Å². The second-order valence-electron chi connectivity index (χ2n) is 6.22. The number of amides is 1. The summed E-state index contributed by atoms with van der Waals surface area (Å²) in [6.07, 6.45) is -0.416.